The van der Waals surface area contributed by atoms with Crippen LogP contribution in [0, 0.1) is 0 Å². The maximum Gasteiger partial charge on any atom is 0.241 e. The van der Waals surface area contributed by atoms with E-state index in [9.17, 15) is 18.0 Å². The Morgan fingerprint density at radius 3 is 2.52 bits per heavy atom. The van der Waals surface area contributed by atoms with Crippen molar-refractivity contribution < 1.29 is 18.0 Å². The third kappa shape index (κ3) is 4.95. The van der Waals surface area contributed by atoms with E-state index in [1.807, 2.05) is 6.92 Å². The molecule has 0 saturated heterocycles. The molecule has 1 rings (SSSR count). The molecule has 21 heavy (non-hydrogen) atoms. The van der Waals surface area contributed by atoms with Gasteiger partial charge in [-0.3, -0.25) is 9.59 Å². The average Bonchev–Trinajstić information content (AvgIpc) is 2.44. The van der Waals surface area contributed by atoms with E-state index in [0.717, 1.165) is 6.42 Å². The Hall–Kier alpha value is -1.73. The van der Waals surface area contributed by atoms with E-state index in [4.69, 9.17) is 0 Å². The van der Waals surface area contributed by atoms with Crippen molar-refractivity contribution in [3.8, 4) is 0 Å². The second kappa shape index (κ2) is 7.33. The van der Waals surface area contributed by atoms with E-state index in [2.05, 4.69) is 10.0 Å². The van der Waals surface area contributed by atoms with Gasteiger partial charge in [0.2, 0.25) is 15.9 Å². The molecule has 0 spiro atoms. The number of sulfonamides is 1. The predicted octanol–water partition coefficient (Wildman–Crippen LogP) is 1.08. The first-order valence-electron chi connectivity index (χ1n) is 6.69. The van der Waals surface area contributed by atoms with Gasteiger partial charge in [-0.15, -0.1) is 0 Å². The van der Waals surface area contributed by atoms with Crippen molar-refractivity contribution >= 4 is 21.7 Å². The Labute approximate surface area is 125 Å². The van der Waals surface area contributed by atoms with Crippen molar-refractivity contribution in [1.29, 1.82) is 0 Å². The highest BCUT2D eigenvalue weighted by molar-refractivity contribution is 7.89. The Bertz CT molecular complexity index is 626. The summed E-state index contributed by atoms with van der Waals surface area (Å²) in [6, 6.07) is 4.82. The maximum absolute atomic E-state index is 12.2. The summed E-state index contributed by atoms with van der Waals surface area (Å²) in [5, 5.41) is 2.62. The summed E-state index contributed by atoms with van der Waals surface area (Å²) >= 11 is 0. The van der Waals surface area contributed by atoms with Gasteiger partial charge in [-0.1, -0.05) is 19.1 Å². The molecule has 2 N–H and O–H groups in total. The first-order valence-corrected chi connectivity index (χ1v) is 8.17. The number of hydrogen-bond donors (Lipinski definition) is 2. The number of ketones is 1. The number of carbonyl (C=O) groups excluding carboxylic acids is 2. The molecule has 0 radical (unpaired) electrons. The first-order chi connectivity index (χ1) is 9.77. The van der Waals surface area contributed by atoms with Gasteiger partial charge in [-0.2, -0.15) is 4.72 Å². The summed E-state index contributed by atoms with van der Waals surface area (Å²) in [4.78, 5) is 23.0. The zero-order chi connectivity index (χ0) is 16.0. The zero-order valence-corrected chi connectivity index (χ0v) is 13.2. The van der Waals surface area contributed by atoms with Crippen LogP contribution in [-0.2, 0) is 14.8 Å². The molecule has 0 aliphatic rings. The van der Waals surface area contributed by atoms with Gasteiger partial charge in [0.25, 0.3) is 0 Å². The molecule has 0 aliphatic heterocycles. The van der Waals surface area contributed by atoms with Gasteiger partial charge >= 0.3 is 0 Å². The molecule has 116 valence electrons. The molecule has 0 aliphatic carbocycles. The van der Waals surface area contributed by atoms with Crippen molar-refractivity contribution in [2.24, 2.45) is 0 Å². The minimum atomic E-state index is -3.85. The summed E-state index contributed by atoms with van der Waals surface area (Å²) < 4.78 is 26.7. The van der Waals surface area contributed by atoms with Crippen LogP contribution in [0.3, 0.4) is 0 Å². The van der Waals surface area contributed by atoms with Crippen molar-refractivity contribution in [2.45, 2.75) is 38.1 Å². The van der Waals surface area contributed by atoms with Gasteiger partial charge in [0.05, 0.1) is 10.9 Å². The fourth-order valence-electron chi connectivity index (χ4n) is 1.64. The van der Waals surface area contributed by atoms with Crippen molar-refractivity contribution in [3.05, 3.63) is 29.8 Å². The third-order valence-electron chi connectivity index (χ3n) is 2.83. The smallest absolute Gasteiger partial charge is 0.241 e. The van der Waals surface area contributed by atoms with Crippen molar-refractivity contribution in [1.82, 2.24) is 10.0 Å². The average molecular weight is 312 g/mol. The standard InChI is InChI=1S/C14H20N2O4S/c1-4-8-15-14(18)10(2)16-21(19,20)13-7-5-6-12(9-13)11(3)17/h5-7,9-10,16H,4,8H2,1-3H3,(H,15,18)/t10-/m0/s1. The summed E-state index contributed by atoms with van der Waals surface area (Å²) in [5.41, 5.74) is 0.306. The normalized spacial score (nSPS) is 12.7. The van der Waals surface area contributed by atoms with Crippen LogP contribution in [0.15, 0.2) is 29.2 Å². The highest BCUT2D eigenvalue weighted by Crippen LogP contribution is 2.12. The van der Waals surface area contributed by atoms with Crippen LogP contribution < -0.4 is 10.0 Å². The number of Topliss-reactive ketones (excluding diaryl/α,β-unsaturated/α-hetero) is 1. The van der Waals surface area contributed by atoms with Gasteiger partial charge in [-0.05, 0) is 32.4 Å². The Morgan fingerprint density at radius 2 is 1.95 bits per heavy atom. The van der Waals surface area contributed by atoms with Crippen LogP contribution in [0.5, 0.6) is 0 Å². The summed E-state index contributed by atoms with van der Waals surface area (Å²) in [7, 11) is -3.85. The molecule has 1 atom stereocenters. The van der Waals surface area contributed by atoms with Crippen molar-refractivity contribution in [2.75, 3.05) is 6.54 Å². The molecule has 0 fully saturated rings. The SMILES string of the molecule is CCCNC(=O)[C@H](C)NS(=O)(=O)c1cccc(C(C)=O)c1. The van der Waals surface area contributed by atoms with Crippen LogP contribution in [0.25, 0.3) is 0 Å². The molecule has 0 unspecified atom stereocenters. The number of benzene rings is 1. The second-order valence-corrected chi connectivity index (χ2v) is 6.43. The number of carbonyl (C=O) groups is 2. The van der Waals surface area contributed by atoms with Gasteiger partial charge < -0.3 is 5.32 Å². The van der Waals surface area contributed by atoms with E-state index < -0.39 is 16.1 Å². The molecular formula is C14H20N2O4S. The highest BCUT2D eigenvalue weighted by atomic mass is 32.2. The molecule has 0 bridgehead atoms. The Balaban J connectivity index is 2.89. The van der Waals surface area contributed by atoms with Crippen LogP contribution in [0.1, 0.15) is 37.6 Å². The summed E-state index contributed by atoms with van der Waals surface area (Å²) in [6.07, 6.45) is 0.770. The molecule has 0 aromatic heterocycles. The molecule has 0 saturated carbocycles. The maximum atomic E-state index is 12.2. The monoisotopic (exact) mass is 312 g/mol. The predicted molar refractivity (Wildman–Crippen MR) is 79.5 cm³/mol. The molecule has 6 nitrogen and oxygen atoms in total. The minimum Gasteiger partial charge on any atom is -0.355 e. The molecule has 0 heterocycles. The van der Waals surface area contributed by atoms with E-state index in [-0.39, 0.29) is 16.6 Å². The minimum absolute atomic E-state index is 0.0367. The van der Waals surface area contributed by atoms with Gasteiger partial charge in [-0.25, -0.2) is 8.42 Å². The third-order valence-corrected chi connectivity index (χ3v) is 4.36. The molecule has 1 amide bonds. The largest absolute Gasteiger partial charge is 0.355 e. The molecule has 7 heteroatoms. The lowest BCUT2D eigenvalue weighted by Crippen LogP contribution is -2.44. The van der Waals surface area contributed by atoms with Crippen LogP contribution >= 0.6 is 0 Å². The Kier molecular flexibility index (Phi) is 6.04. The lowest BCUT2D eigenvalue weighted by Gasteiger charge is -2.14. The van der Waals surface area contributed by atoms with Crippen LogP contribution in [0.4, 0.5) is 0 Å². The highest BCUT2D eigenvalue weighted by Gasteiger charge is 2.22. The van der Waals surface area contributed by atoms with Gasteiger partial charge in [0.15, 0.2) is 5.78 Å². The lowest BCUT2D eigenvalue weighted by atomic mass is 10.2. The summed E-state index contributed by atoms with van der Waals surface area (Å²) in [5.74, 6) is -0.607. The molecular weight excluding hydrogens is 292 g/mol. The number of amides is 1. The summed E-state index contributed by atoms with van der Waals surface area (Å²) in [6.45, 7) is 5.23. The van der Waals surface area contributed by atoms with Gasteiger partial charge in [0, 0.05) is 12.1 Å². The second-order valence-electron chi connectivity index (χ2n) is 4.72. The van der Waals surface area contributed by atoms with Crippen molar-refractivity contribution in [3.63, 3.8) is 0 Å². The van der Waals surface area contributed by atoms with E-state index in [0.29, 0.717) is 12.1 Å². The number of hydrogen-bond acceptors (Lipinski definition) is 4. The zero-order valence-electron chi connectivity index (χ0n) is 12.3. The number of rotatable bonds is 7. The van der Waals surface area contributed by atoms with E-state index in [1.165, 1.54) is 32.0 Å². The fraction of sp³-hybridized carbons (Fsp3) is 0.429. The van der Waals surface area contributed by atoms with Crippen LogP contribution in [0.2, 0.25) is 0 Å². The van der Waals surface area contributed by atoms with Gasteiger partial charge in [0.1, 0.15) is 0 Å². The van der Waals surface area contributed by atoms with E-state index in [1.54, 1.807) is 6.07 Å². The molecule has 1 aromatic carbocycles. The Morgan fingerprint density at radius 1 is 1.29 bits per heavy atom. The first kappa shape index (κ1) is 17.3. The quantitative estimate of drug-likeness (QED) is 0.737. The fourth-order valence-corrected chi connectivity index (χ4v) is 2.89. The lowest BCUT2D eigenvalue weighted by molar-refractivity contribution is -0.122. The van der Waals surface area contributed by atoms with Crippen LogP contribution in [-0.4, -0.2) is 32.7 Å². The van der Waals surface area contributed by atoms with E-state index >= 15 is 0 Å². The number of nitrogens with one attached hydrogen (secondary N) is 2. The topological polar surface area (TPSA) is 92.3 Å². The molecule has 1 aromatic rings.